The molecule has 0 bridgehead atoms. The zero-order valence-corrected chi connectivity index (χ0v) is 15.9. The molecule has 0 fully saturated rings. The molecule has 0 radical (unpaired) electrons. The fourth-order valence-corrected chi connectivity index (χ4v) is 3.61. The largest absolute Gasteiger partial charge is 0.342 e. The van der Waals surface area contributed by atoms with Gasteiger partial charge in [-0.25, -0.2) is 9.37 Å². The van der Waals surface area contributed by atoms with Gasteiger partial charge in [0.15, 0.2) is 5.78 Å². The molecule has 0 saturated carbocycles. The summed E-state index contributed by atoms with van der Waals surface area (Å²) in [5.74, 6) is -0.0109. The van der Waals surface area contributed by atoms with E-state index in [4.69, 9.17) is 0 Å². The fraction of sp³-hybridized carbons (Fsp3) is 0.250. The molecule has 0 aliphatic rings. The number of benzene rings is 1. The van der Waals surface area contributed by atoms with Gasteiger partial charge in [-0.3, -0.25) is 9.59 Å². The van der Waals surface area contributed by atoms with Crippen LogP contribution in [-0.2, 0) is 11.8 Å². The summed E-state index contributed by atoms with van der Waals surface area (Å²) in [6.45, 7) is 1.94. The molecule has 2 aromatic heterocycles. The minimum atomic E-state index is -0.516. The minimum absolute atomic E-state index is 0.0430. The van der Waals surface area contributed by atoms with Crippen LogP contribution in [0, 0.1) is 12.7 Å². The number of halogens is 1. The number of hydrogen-bond acceptors (Lipinski definition) is 4. The molecule has 5 nitrogen and oxygen atoms in total. The standard InChI is InChI=1S/C20H20FN3O2S/c1-13-3-9-17(27-13)16(25)8-10-18(26)23-19(20-22-11-12-24(20)2)14-4-6-15(21)7-5-14/h3-7,9,11-12,19H,8,10H2,1-2H3,(H,23,26). The normalized spacial score (nSPS) is 12.0. The SMILES string of the molecule is Cc1ccc(C(=O)CCC(=O)NC(c2ccc(F)cc2)c2nccn2C)s1. The fourth-order valence-electron chi connectivity index (χ4n) is 2.78. The average molecular weight is 385 g/mol. The van der Waals surface area contributed by atoms with E-state index >= 15 is 0 Å². The highest BCUT2D eigenvalue weighted by atomic mass is 32.1. The highest BCUT2D eigenvalue weighted by molar-refractivity contribution is 7.14. The van der Waals surface area contributed by atoms with Crippen molar-refractivity contribution in [3.05, 3.63) is 75.8 Å². The van der Waals surface area contributed by atoms with E-state index in [-0.39, 0.29) is 30.3 Å². The molecule has 1 unspecified atom stereocenters. The summed E-state index contributed by atoms with van der Waals surface area (Å²) in [6.07, 6.45) is 3.64. The molecule has 1 amide bonds. The van der Waals surface area contributed by atoms with Crippen LogP contribution in [-0.4, -0.2) is 21.2 Å². The Morgan fingerprint density at radius 2 is 1.93 bits per heavy atom. The topological polar surface area (TPSA) is 64.0 Å². The van der Waals surface area contributed by atoms with E-state index in [0.29, 0.717) is 10.7 Å². The molecule has 1 aromatic carbocycles. The summed E-state index contributed by atoms with van der Waals surface area (Å²) in [5, 5.41) is 2.91. The number of Topliss-reactive ketones (excluding diaryl/α,β-unsaturated/α-hetero) is 1. The van der Waals surface area contributed by atoms with Crippen LogP contribution in [0.15, 0.2) is 48.8 Å². The number of amides is 1. The molecule has 7 heteroatoms. The van der Waals surface area contributed by atoms with Gasteiger partial charge < -0.3 is 9.88 Å². The number of imidazole rings is 1. The molecular formula is C20H20FN3O2S. The summed E-state index contributed by atoms with van der Waals surface area (Å²) >= 11 is 1.43. The van der Waals surface area contributed by atoms with E-state index < -0.39 is 6.04 Å². The molecule has 140 valence electrons. The van der Waals surface area contributed by atoms with Crippen molar-refractivity contribution < 1.29 is 14.0 Å². The molecule has 2 heterocycles. The number of rotatable bonds is 7. The van der Waals surface area contributed by atoms with Gasteiger partial charge in [-0.05, 0) is 36.8 Å². The number of nitrogens with one attached hydrogen (secondary N) is 1. The van der Waals surface area contributed by atoms with Crippen molar-refractivity contribution in [3.63, 3.8) is 0 Å². The van der Waals surface area contributed by atoms with Crippen LogP contribution >= 0.6 is 11.3 Å². The third-order valence-electron chi connectivity index (χ3n) is 4.22. The van der Waals surface area contributed by atoms with Crippen molar-refractivity contribution in [3.8, 4) is 0 Å². The lowest BCUT2D eigenvalue weighted by atomic mass is 10.1. The van der Waals surface area contributed by atoms with Crippen molar-refractivity contribution >= 4 is 23.0 Å². The molecule has 1 N–H and O–H groups in total. The number of thiophene rings is 1. The van der Waals surface area contributed by atoms with E-state index in [9.17, 15) is 14.0 Å². The van der Waals surface area contributed by atoms with E-state index in [2.05, 4.69) is 10.3 Å². The Kier molecular flexibility index (Phi) is 5.81. The van der Waals surface area contributed by atoms with Crippen molar-refractivity contribution in [1.29, 1.82) is 0 Å². The van der Waals surface area contributed by atoms with Gasteiger partial charge in [0.2, 0.25) is 5.91 Å². The molecule has 0 spiro atoms. The lowest BCUT2D eigenvalue weighted by molar-refractivity contribution is -0.121. The van der Waals surface area contributed by atoms with Crippen LogP contribution in [0.4, 0.5) is 4.39 Å². The quantitative estimate of drug-likeness (QED) is 0.629. The number of nitrogens with zero attached hydrogens (tertiary/aromatic N) is 2. The van der Waals surface area contributed by atoms with Crippen molar-refractivity contribution in [2.75, 3.05) is 0 Å². The van der Waals surface area contributed by atoms with E-state index in [1.807, 2.05) is 20.0 Å². The highest BCUT2D eigenvalue weighted by Gasteiger charge is 2.21. The van der Waals surface area contributed by atoms with Crippen molar-refractivity contribution in [1.82, 2.24) is 14.9 Å². The first-order valence-corrected chi connectivity index (χ1v) is 9.37. The molecule has 27 heavy (non-hydrogen) atoms. The Morgan fingerprint density at radius 1 is 1.19 bits per heavy atom. The predicted octanol–water partition coefficient (Wildman–Crippen LogP) is 3.80. The predicted molar refractivity (Wildman–Crippen MR) is 102 cm³/mol. The van der Waals surface area contributed by atoms with E-state index in [0.717, 1.165) is 10.4 Å². The molecule has 0 aliphatic heterocycles. The maximum Gasteiger partial charge on any atom is 0.221 e. The highest BCUT2D eigenvalue weighted by Crippen LogP contribution is 2.22. The van der Waals surface area contributed by atoms with Crippen LogP contribution < -0.4 is 5.32 Å². The van der Waals surface area contributed by atoms with Crippen LogP contribution in [0.3, 0.4) is 0 Å². The number of aromatic nitrogens is 2. The lowest BCUT2D eigenvalue weighted by Gasteiger charge is -2.19. The van der Waals surface area contributed by atoms with Crippen molar-refractivity contribution in [2.45, 2.75) is 25.8 Å². The second kappa shape index (κ2) is 8.26. The Hall–Kier alpha value is -2.80. The lowest BCUT2D eigenvalue weighted by Crippen LogP contribution is -2.31. The zero-order chi connectivity index (χ0) is 19.4. The van der Waals surface area contributed by atoms with Crippen LogP contribution in [0.5, 0.6) is 0 Å². The first kappa shape index (κ1) is 19.0. The number of carbonyl (C=O) groups excluding carboxylic acids is 2. The summed E-state index contributed by atoms with van der Waals surface area (Å²) in [7, 11) is 1.83. The molecule has 3 aromatic rings. The third-order valence-corrected chi connectivity index (χ3v) is 5.26. The van der Waals surface area contributed by atoms with Gasteiger partial charge in [0.05, 0.1) is 4.88 Å². The second-order valence-corrected chi connectivity index (χ2v) is 7.57. The van der Waals surface area contributed by atoms with E-state index in [1.54, 1.807) is 35.2 Å². The van der Waals surface area contributed by atoms with Gasteiger partial charge >= 0.3 is 0 Å². The van der Waals surface area contributed by atoms with E-state index in [1.165, 1.54) is 23.5 Å². The van der Waals surface area contributed by atoms with Gasteiger partial charge in [0, 0.05) is 37.2 Å². The molecule has 1 atom stereocenters. The van der Waals surface area contributed by atoms with Crippen molar-refractivity contribution in [2.24, 2.45) is 7.05 Å². The first-order chi connectivity index (χ1) is 12.9. The number of ketones is 1. The maximum absolute atomic E-state index is 13.3. The Balaban J connectivity index is 1.70. The second-order valence-electron chi connectivity index (χ2n) is 6.28. The Bertz CT molecular complexity index is 946. The molecule has 0 aliphatic carbocycles. The van der Waals surface area contributed by atoms with Gasteiger partial charge in [0.25, 0.3) is 0 Å². The molecule has 0 saturated heterocycles. The van der Waals surface area contributed by atoms with Crippen LogP contribution in [0.2, 0.25) is 0 Å². The molecule has 3 rings (SSSR count). The summed E-state index contributed by atoms with van der Waals surface area (Å²) in [6, 6.07) is 9.10. The van der Waals surface area contributed by atoms with Gasteiger partial charge in [-0.2, -0.15) is 0 Å². The maximum atomic E-state index is 13.3. The zero-order valence-electron chi connectivity index (χ0n) is 15.1. The monoisotopic (exact) mass is 385 g/mol. The van der Waals surface area contributed by atoms with Gasteiger partial charge in [-0.1, -0.05) is 12.1 Å². The van der Waals surface area contributed by atoms with Crippen LogP contribution in [0.25, 0.3) is 0 Å². The molecular weight excluding hydrogens is 365 g/mol. The van der Waals surface area contributed by atoms with Gasteiger partial charge in [-0.15, -0.1) is 11.3 Å². The summed E-state index contributed by atoms with van der Waals surface area (Å²) in [5.41, 5.74) is 0.722. The Labute approximate surface area is 160 Å². The average Bonchev–Trinajstić information content (AvgIpc) is 3.27. The summed E-state index contributed by atoms with van der Waals surface area (Å²) < 4.78 is 15.1. The third kappa shape index (κ3) is 4.68. The number of aryl methyl sites for hydroxylation is 2. The smallest absolute Gasteiger partial charge is 0.221 e. The van der Waals surface area contributed by atoms with Gasteiger partial charge in [0.1, 0.15) is 17.7 Å². The first-order valence-electron chi connectivity index (χ1n) is 8.55. The Morgan fingerprint density at radius 3 is 2.52 bits per heavy atom. The van der Waals surface area contributed by atoms with Crippen LogP contribution in [0.1, 0.15) is 44.8 Å². The number of carbonyl (C=O) groups is 2. The summed E-state index contributed by atoms with van der Waals surface area (Å²) in [4.78, 5) is 30.7. The number of hydrogen-bond donors (Lipinski definition) is 1. The minimum Gasteiger partial charge on any atom is -0.342 e.